The van der Waals surface area contributed by atoms with Crippen LogP contribution in [0.5, 0.6) is 0 Å². The SMILES string of the molecule is CCC(=O)CBr.CCC(=O)Cn1c(=O)c2c(nc(CO)n2COCC[Si](C)(C)C)n(C)c1=O.Cn1c(=O)[nH]c(=O)c2c1nc(CO)n2COCC[Si](C)(C)C. The Balaban J connectivity index is 0.000000336. The van der Waals surface area contributed by atoms with Gasteiger partial charge >= 0.3 is 11.4 Å². The average molecular weight is 874 g/mol. The van der Waals surface area contributed by atoms with Gasteiger partial charge in [0.2, 0.25) is 0 Å². The van der Waals surface area contributed by atoms with Crippen molar-refractivity contribution in [1.29, 1.82) is 0 Å². The van der Waals surface area contributed by atoms with Gasteiger partial charge in [-0.2, -0.15) is 0 Å². The number of aryl methyl sites for hydroxylation is 2. The summed E-state index contributed by atoms with van der Waals surface area (Å²) in [5.41, 5.74) is -1.48. The van der Waals surface area contributed by atoms with Crippen molar-refractivity contribution >= 4 is 66.0 Å². The highest BCUT2D eigenvalue weighted by Crippen LogP contribution is 2.15. The van der Waals surface area contributed by atoms with Gasteiger partial charge in [0.15, 0.2) is 28.1 Å². The van der Waals surface area contributed by atoms with Crippen LogP contribution in [0.15, 0.2) is 19.2 Å². The molecule has 0 amide bonds. The fraction of sp³-hybridized carbons (Fsp3) is 0.647. The number of hydrogen-bond acceptors (Lipinski definition) is 12. The molecule has 4 rings (SSSR count). The molecule has 3 N–H and O–H groups in total. The molecular formula is C34H57BrN8O10Si2. The average Bonchev–Trinajstić information content (AvgIpc) is 3.70. The minimum Gasteiger partial charge on any atom is -0.388 e. The zero-order chi connectivity index (χ0) is 41.8. The maximum atomic E-state index is 12.9. The molecule has 0 radical (unpaired) electrons. The summed E-state index contributed by atoms with van der Waals surface area (Å²) in [5.74, 6) is 0.586. The van der Waals surface area contributed by atoms with E-state index < -0.39 is 45.3 Å². The number of carbonyl (C=O) groups is 2. The van der Waals surface area contributed by atoms with Crippen LogP contribution in [0.25, 0.3) is 22.3 Å². The number of halogens is 1. The number of nitrogens with one attached hydrogen (secondary N) is 1. The topological polar surface area (TPSA) is 228 Å². The lowest BCUT2D eigenvalue weighted by Crippen LogP contribution is -2.41. The largest absolute Gasteiger partial charge is 0.388 e. The summed E-state index contributed by atoms with van der Waals surface area (Å²) in [4.78, 5) is 81.6. The minimum absolute atomic E-state index is 0.0477. The minimum atomic E-state index is -1.26. The summed E-state index contributed by atoms with van der Waals surface area (Å²) in [6.07, 6.45) is 0.875. The summed E-state index contributed by atoms with van der Waals surface area (Å²) in [5, 5.41) is 19.6. The number of aliphatic hydroxyl groups excluding tert-OH is 2. The predicted octanol–water partition coefficient (Wildman–Crippen LogP) is 2.27. The molecule has 18 nitrogen and oxygen atoms in total. The van der Waals surface area contributed by atoms with Crippen LogP contribution < -0.4 is 22.5 Å². The van der Waals surface area contributed by atoms with E-state index in [1.165, 1.54) is 32.4 Å². The molecule has 0 saturated carbocycles. The Hall–Kier alpha value is -3.61. The Morgan fingerprint density at radius 2 is 1.18 bits per heavy atom. The Kier molecular flexibility index (Phi) is 18.2. The van der Waals surface area contributed by atoms with E-state index in [-0.39, 0.29) is 72.8 Å². The van der Waals surface area contributed by atoms with Crippen LogP contribution in [0.1, 0.15) is 38.3 Å². The van der Waals surface area contributed by atoms with Crippen LogP contribution in [-0.4, -0.2) is 94.3 Å². The number of carbonyl (C=O) groups excluding carboxylic acids is 2. The lowest BCUT2D eigenvalue weighted by atomic mass is 10.3. The van der Waals surface area contributed by atoms with E-state index in [2.05, 4.69) is 70.2 Å². The number of hydrogen-bond donors (Lipinski definition) is 3. The number of aromatic nitrogens is 8. The quantitative estimate of drug-likeness (QED) is 0.0789. The van der Waals surface area contributed by atoms with Gasteiger partial charge in [-0.1, -0.05) is 69.1 Å². The highest BCUT2D eigenvalue weighted by atomic mass is 79.9. The second-order valence-electron chi connectivity index (χ2n) is 15.2. The summed E-state index contributed by atoms with van der Waals surface area (Å²) in [6.45, 7) is 17.3. The zero-order valence-electron chi connectivity index (χ0n) is 33.7. The van der Waals surface area contributed by atoms with Gasteiger partial charge in [-0.05, 0) is 12.1 Å². The Labute approximate surface area is 329 Å². The van der Waals surface area contributed by atoms with E-state index in [1.54, 1.807) is 6.92 Å². The molecule has 0 unspecified atom stereocenters. The molecule has 0 aliphatic carbocycles. The Morgan fingerprint density at radius 3 is 1.58 bits per heavy atom. The third kappa shape index (κ3) is 13.2. The molecule has 21 heteroatoms. The van der Waals surface area contributed by atoms with Crippen molar-refractivity contribution in [3.63, 3.8) is 0 Å². The molecule has 0 aromatic carbocycles. The number of ether oxygens (including phenoxy) is 2. The summed E-state index contributed by atoms with van der Waals surface area (Å²) in [6, 6.07) is 1.96. The number of Topliss-reactive ketones (excluding diaryl/α,β-unsaturated/α-hetero) is 2. The fourth-order valence-corrected chi connectivity index (χ4v) is 6.72. The first-order valence-electron chi connectivity index (χ1n) is 18.0. The lowest BCUT2D eigenvalue weighted by molar-refractivity contribution is -0.119. The van der Waals surface area contributed by atoms with Crippen molar-refractivity contribution in [2.45, 2.75) is 111 Å². The van der Waals surface area contributed by atoms with Crippen LogP contribution in [0.2, 0.25) is 51.4 Å². The number of nitrogens with zero attached hydrogens (tertiary/aromatic N) is 7. The van der Waals surface area contributed by atoms with Crippen LogP contribution in [0.3, 0.4) is 0 Å². The number of alkyl halides is 1. The zero-order valence-corrected chi connectivity index (χ0v) is 37.2. The molecule has 0 spiro atoms. The molecule has 308 valence electrons. The smallest absolute Gasteiger partial charge is 0.332 e. The molecule has 4 heterocycles. The molecule has 0 bridgehead atoms. The molecule has 0 aliphatic rings. The maximum Gasteiger partial charge on any atom is 0.332 e. The van der Waals surface area contributed by atoms with E-state index >= 15 is 0 Å². The van der Waals surface area contributed by atoms with Gasteiger partial charge in [-0.25, -0.2) is 19.6 Å². The van der Waals surface area contributed by atoms with Crippen LogP contribution >= 0.6 is 15.9 Å². The summed E-state index contributed by atoms with van der Waals surface area (Å²) in [7, 11) is 0.550. The lowest BCUT2D eigenvalue weighted by Gasteiger charge is -2.16. The summed E-state index contributed by atoms with van der Waals surface area (Å²) < 4.78 is 17.7. The van der Waals surface area contributed by atoms with E-state index in [4.69, 9.17) is 9.47 Å². The number of fused-ring (bicyclic) bond motifs is 2. The number of imidazole rings is 2. The van der Waals surface area contributed by atoms with Crippen molar-refractivity contribution in [2.75, 3.05) is 18.5 Å². The van der Waals surface area contributed by atoms with E-state index in [0.29, 0.717) is 30.8 Å². The second-order valence-corrected chi connectivity index (χ2v) is 27.0. The normalized spacial score (nSPS) is 11.7. The standard InChI is InChI=1S/C17H28N4O5Si.C13H22N4O4Si.C4H7BrO/c1-6-12(23)9-20-16(24)14-15(19(2)17(20)25)18-13(10-22)21(14)11-26-7-8-27(3,4)5;1-16-11-10(12(19)15-13(16)20)17(9(7-18)14-11)8-21-5-6-22(2,3)4;1-2-4(6)3-5/h22H,6-11H2,1-5H3;18H,5-8H2,1-4H3,(H,15,19,20);2-3H2,1H3. The van der Waals surface area contributed by atoms with Gasteiger partial charge in [-0.3, -0.25) is 47.0 Å². The third-order valence-corrected chi connectivity index (χ3v) is 12.4. The molecule has 4 aromatic heterocycles. The Morgan fingerprint density at radius 1 is 0.727 bits per heavy atom. The van der Waals surface area contributed by atoms with Crippen molar-refractivity contribution in [2.24, 2.45) is 14.1 Å². The third-order valence-electron chi connectivity index (χ3n) is 8.39. The molecule has 0 aliphatic heterocycles. The number of ketones is 2. The van der Waals surface area contributed by atoms with Crippen LogP contribution in [-0.2, 0) is 66.4 Å². The first-order valence-corrected chi connectivity index (χ1v) is 26.5. The van der Waals surface area contributed by atoms with E-state index in [9.17, 15) is 39.0 Å². The molecular weight excluding hydrogens is 816 g/mol. The van der Waals surface area contributed by atoms with Crippen LogP contribution in [0.4, 0.5) is 0 Å². The van der Waals surface area contributed by atoms with Gasteiger partial charge in [-0.15, -0.1) is 0 Å². The molecule has 0 fully saturated rings. The highest BCUT2D eigenvalue weighted by molar-refractivity contribution is 9.09. The van der Waals surface area contributed by atoms with E-state index in [0.717, 1.165) is 16.7 Å². The second kappa shape index (κ2) is 21.1. The van der Waals surface area contributed by atoms with Gasteiger partial charge in [0.25, 0.3) is 11.1 Å². The van der Waals surface area contributed by atoms with Crippen molar-refractivity contribution in [1.82, 2.24) is 37.8 Å². The number of aliphatic hydroxyl groups is 2. The monoisotopic (exact) mass is 872 g/mol. The van der Waals surface area contributed by atoms with Crippen molar-refractivity contribution in [3.05, 3.63) is 53.3 Å². The maximum absolute atomic E-state index is 12.9. The Bertz CT molecular complexity index is 2170. The molecule has 4 aromatic rings. The molecule has 0 saturated heterocycles. The van der Waals surface area contributed by atoms with Gasteiger partial charge < -0.3 is 19.7 Å². The van der Waals surface area contributed by atoms with Crippen molar-refractivity contribution < 1.29 is 29.3 Å². The molecule has 0 atom stereocenters. The highest BCUT2D eigenvalue weighted by Gasteiger charge is 2.22. The first kappa shape index (κ1) is 47.5. The number of rotatable bonds is 17. The van der Waals surface area contributed by atoms with Crippen LogP contribution in [0, 0.1) is 0 Å². The van der Waals surface area contributed by atoms with Gasteiger partial charge in [0.05, 0.1) is 11.9 Å². The summed E-state index contributed by atoms with van der Waals surface area (Å²) >= 11 is 3.03. The number of H-pyrrole nitrogens is 1. The predicted molar refractivity (Wildman–Crippen MR) is 219 cm³/mol. The van der Waals surface area contributed by atoms with Gasteiger partial charge in [0, 0.05) is 56.3 Å². The van der Waals surface area contributed by atoms with Gasteiger partial charge in [0.1, 0.15) is 44.1 Å². The van der Waals surface area contributed by atoms with E-state index in [1.807, 2.05) is 6.92 Å². The molecule has 55 heavy (non-hydrogen) atoms. The first-order chi connectivity index (χ1) is 25.7. The number of aromatic amines is 1. The fourth-order valence-electron chi connectivity index (χ4n) is 4.81. The van der Waals surface area contributed by atoms with Crippen molar-refractivity contribution in [3.8, 4) is 0 Å².